The van der Waals surface area contributed by atoms with E-state index in [1.165, 1.54) is 18.4 Å². The van der Waals surface area contributed by atoms with Crippen LogP contribution >= 0.6 is 0 Å². The van der Waals surface area contributed by atoms with Gasteiger partial charge in [-0.3, -0.25) is 9.78 Å². The van der Waals surface area contributed by atoms with Crippen molar-refractivity contribution in [1.29, 1.82) is 0 Å². The molecule has 20 heavy (non-hydrogen) atoms. The van der Waals surface area contributed by atoms with Gasteiger partial charge in [0.15, 0.2) is 0 Å². The third kappa shape index (κ3) is 3.44. The number of pyridine rings is 1. The Bertz CT molecular complexity index is 591. The molecule has 0 saturated heterocycles. The molecule has 1 saturated carbocycles. The Morgan fingerprint density at radius 1 is 1.20 bits per heavy atom. The zero-order valence-corrected chi connectivity index (χ0v) is 11.4. The highest BCUT2D eigenvalue weighted by Crippen LogP contribution is 2.27. The number of carbonyl (C=O) groups is 1. The van der Waals surface area contributed by atoms with E-state index in [-0.39, 0.29) is 5.91 Å². The molecule has 1 aliphatic carbocycles. The van der Waals surface area contributed by atoms with E-state index in [1.807, 2.05) is 24.3 Å². The molecule has 1 amide bonds. The molecule has 3 heteroatoms. The van der Waals surface area contributed by atoms with Crippen LogP contribution in [-0.2, 0) is 6.42 Å². The molecule has 0 aliphatic heterocycles. The summed E-state index contributed by atoms with van der Waals surface area (Å²) in [6.07, 6.45) is 4.96. The number of rotatable bonds is 5. The first-order chi connectivity index (χ1) is 9.81. The minimum absolute atomic E-state index is 0.00797. The summed E-state index contributed by atoms with van der Waals surface area (Å²) in [7, 11) is 0. The summed E-state index contributed by atoms with van der Waals surface area (Å²) in [5.74, 6) is 0.707. The van der Waals surface area contributed by atoms with Crippen molar-refractivity contribution in [2.24, 2.45) is 5.92 Å². The molecule has 1 aromatic heterocycles. The SMILES string of the molecule is O=C(NCC1CC1)c1ccnc(Cc2ccccc2)c1. The van der Waals surface area contributed by atoms with Gasteiger partial charge in [-0.1, -0.05) is 30.3 Å². The summed E-state index contributed by atoms with van der Waals surface area (Å²) in [6, 6.07) is 13.8. The van der Waals surface area contributed by atoms with E-state index in [4.69, 9.17) is 0 Å². The summed E-state index contributed by atoms with van der Waals surface area (Å²) < 4.78 is 0. The van der Waals surface area contributed by atoms with E-state index in [2.05, 4.69) is 22.4 Å². The molecule has 1 heterocycles. The van der Waals surface area contributed by atoms with Gasteiger partial charge in [-0.25, -0.2) is 0 Å². The van der Waals surface area contributed by atoms with Gasteiger partial charge in [0.05, 0.1) is 0 Å². The maximum absolute atomic E-state index is 12.0. The van der Waals surface area contributed by atoms with Crippen molar-refractivity contribution in [2.45, 2.75) is 19.3 Å². The Labute approximate surface area is 119 Å². The van der Waals surface area contributed by atoms with E-state index >= 15 is 0 Å². The minimum atomic E-state index is 0.00797. The topological polar surface area (TPSA) is 42.0 Å². The average Bonchev–Trinajstić information content (AvgIpc) is 3.30. The molecule has 2 aromatic rings. The fourth-order valence-corrected chi connectivity index (χ4v) is 2.18. The molecule has 0 spiro atoms. The Kier molecular flexibility index (Phi) is 3.77. The number of aromatic nitrogens is 1. The lowest BCUT2D eigenvalue weighted by Gasteiger charge is -2.06. The van der Waals surface area contributed by atoms with Crippen LogP contribution in [0.1, 0.15) is 34.5 Å². The van der Waals surface area contributed by atoms with Crippen LogP contribution in [0.25, 0.3) is 0 Å². The van der Waals surface area contributed by atoms with Gasteiger partial charge in [0.2, 0.25) is 0 Å². The molecule has 0 unspecified atom stereocenters. The summed E-state index contributed by atoms with van der Waals surface area (Å²) in [5.41, 5.74) is 2.83. The lowest BCUT2D eigenvalue weighted by molar-refractivity contribution is 0.0951. The van der Waals surface area contributed by atoms with Crippen LogP contribution in [0.4, 0.5) is 0 Å². The minimum Gasteiger partial charge on any atom is -0.352 e. The molecule has 1 aromatic carbocycles. The molecule has 3 rings (SSSR count). The van der Waals surface area contributed by atoms with Crippen molar-refractivity contribution in [3.05, 3.63) is 65.5 Å². The smallest absolute Gasteiger partial charge is 0.251 e. The van der Waals surface area contributed by atoms with E-state index in [9.17, 15) is 4.79 Å². The number of amides is 1. The second kappa shape index (κ2) is 5.87. The van der Waals surface area contributed by atoms with Gasteiger partial charge in [-0.2, -0.15) is 0 Å². The quantitative estimate of drug-likeness (QED) is 0.904. The number of nitrogens with one attached hydrogen (secondary N) is 1. The highest BCUT2D eigenvalue weighted by atomic mass is 16.1. The van der Waals surface area contributed by atoms with Gasteiger partial charge in [-0.05, 0) is 36.5 Å². The third-order valence-corrected chi connectivity index (χ3v) is 3.56. The maximum Gasteiger partial charge on any atom is 0.251 e. The van der Waals surface area contributed by atoms with Crippen LogP contribution in [0, 0.1) is 5.92 Å². The molecular weight excluding hydrogens is 248 g/mol. The van der Waals surface area contributed by atoms with Crippen LogP contribution in [0.5, 0.6) is 0 Å². The molecular formula is C17H18N2O. The summed E-state index contributed by atoms with van der Waals surface area (Å²) >= 11 is 0. The predicted molar refractivity (Wildman–Crippen MR) is 78.5 cm³/mol. The molecule has 1 fully saturated rings. The van der Waals surface area contributed by atoms with Crippen molar-refractivity contribution in [1.82, 2.24) is 10.3 Å². The first kappa shape index (κ1) is 12.9. The highest BCUT2D eigenvalue weighted by Gasteiger charge is 2.21. The molecule has 1 N–H and O–H groups in total. The number of carbonyl (C=O) groups excluding carboxylic acids is 1. The van der Waals surface area contributed by atoms with Gasteiger partial charge < -0.3 is 5.32 Å². The number of hydrogen-bond donors (Lipinski definition) is 1. The number of hydrogen-bond acceptors (Lipinski definition) is 2. The second-order valence-electron chi connectivity index (χ2n) is 5.35. The number of nitrogens with zero attached hydrogens (tertiary/aromatic N) is 1. The fraction of sp³-hybridized carbons (Fsp3) is 0.294. The van der Waals surface area contributed by atoms with Crippen molar-refractivity contribution >= 4 is 5.91 Å². The molecule has 1 aliphatic rings. The Hall–Kier alpha value is -2.16. The summed E-state index contributed by atoms with van der Waals surface area (Å²) in [4.78, 5) is 16.4. The highest BCUT2D eigenvalue weighted by molar-refractivity contribution is 5.94. The van der Waals surface area contributed by atoms with Crippen LogP contribution in [0.2, 0.25) is 0 Å². The van der Waals surface area contributed by atoms with Crippen LogP contribution in [-0.4, -0.2) is 17.4 Å². The fourth-order valence-electron chi connectivity index (χ4n) is 2.18. The van der Waals surface area contributed by atoms with Gasteiger partial charge >= 0.3 is 0 Å². The molecule has 3 nitrogen and oxygen atoms in total. The Morgan fingerprint density at radius 2 is 2.00 bits per heavy atom. The third-order valence-electron chi connectivity index (χ3n) is 3.56. The molecule has 0 bridgehead atoms. The summed E-state index contributed by atoms with van der Waals surface area (Å²) in [6.45, 7) is 0.801. The van der Waals surface area contributed by atoms with Gasteiger partial charge in [0, 0.05) is 30.4 Å². The normalized spacial score (nSPS) is 14.0. The van der Waals surface area contributed by atoms with Gasteiger partial charge in [-0.15, -0.1) is 0 Å². The molecule has 0 radical (unpaired) electrons. The van der Waals surface area contributed by atoms with E-state index in [0.29, 0.717) is 11.5 Å². The zero-order valence-electron chi connectivity index (χ0n) is 11.4. The van der Waals surface area contributed by atoms with E-state index in [1.54, 1.807) is 12.3 Å². The van der Waals surface area contributed by atoms with Crippen LogP contribution in [0.15, 0.2) is 48.7 Å². The van der Waals surface area contributed by atoms with Crippen LogP contribution in [0.3, 0.4) is 0 Å². The first-order valence-electron chi connectivity index (χ1n) is 7.08. The van der Waals surface area contributed by atoms with Crippen LogP contribution < -0.4 is 5.32 Å². The second-order valence-corrected chi connectivity index (χ2v) is 5.35. The zero-order chi connectivity index (χ0) is 13.8. The van der Waals surface area contributed by atoms with E-state index < -0.39 is 0 Å². The maximum atomic E-state index is 12.0. The lowest BCUT2D eigenvalue weighted by atomic mass is 10.1. The van der Waals surface area contributed by atoms with E-state index in [0.717, 1.165) is 18.7 Å². The van der Waals surface area contributed by atoms with Crippen molar-refractivity contribution in [3.63, 3.8) is 0 Å². The summed E-state index contributed by atoms with van der Waals surface area (Å²) in [5, 5.41) is 2.99. The average molecular weight is 266 g/mol. The van der Waals surface area contributed by atoms with Crippen molar-refractivity contribution in [2.75, 3.05) is 6.54 Å². The standard InChI is InChI=1S/C17H18N2O/c20-17(19-12-14-6-7-14)15-8-9-18-16(11-15)10-13-4-2-1-3-5-13/h1-5,8-9,11,14H,6-7,10,12H2,(H,19,20). The molecule has 102 valence electrons. The molecule has 0 atom stereocenters. The monoisotopic (exact) mass is 266 g/mol. The van der Waals surface area contributed by atoms with Crippen molar-refractivity contribution in [3.8, 4) is 0 Å². The van der Waals surface area contributed by atoms with Crippen molar-refractivity contribution < 1.29 is 4.79 Å². The first-order valence-corrected chi connectivity index (χ1v) is 7.08. The Balaban J connectivity index is 1.67. The predicted octanol–water partition coefficient (Wildman–Crippen LogP) is 2.81. The number of benzene rings is 1. The largest absolute Gasteiger partial charge is 0.352 e. The Morgan fingerprint density at radius 3 is 2.75 bits per heavy atom. The lowest BCUT2D eigenvalue weighted by Crippen LogP contribution is -2.25. The van der Waals surface area contributed by atoms with Gasteiger partial charge in [0.25, 0.3) is 5.91 Å². The van der Waals surface area contributed by atoms with Gasteiger partial charge in [0.1, 0.15) is 0 Å².